The lowest BCUT2D eigenvalue weighted by molar-refractivity contribution is 0.533. The van der Waals surface area contributed by atoms with E-state index in [1.165, 1.54) is 11.3 Å². The summed E-state index contributed by atoms with van der Waals surface area (Å²) in [6.45, 7) is 2.03. The molecule has 0 fully saturated rings. The van der Waals surface area contributed by atoms with Crippen LogP contribution in [0.3, 0.4) is 0 Å². The fourth-order valence-corrected chi connectivity index (χ4v) is 2.78. The van der Waals surface area contributed by atoms with Crippen LogP contribution in [0, 0.1) is 0 Å². The minimum Gasteiger partial charge on any atom is -0.333 e. The van der Waals surface area contributed by atoms with Gasteiger partial charge < -0.3 is 4.57 Å². The highest BCUT2D eigenvalue weighted by Gasteiger charge is 2.16. The van der Waals surface area contributed by atoms with Crippen molar-refractivity contribution in [3.63, 3.8) is 0 Å². The third-order valence-corrected chi connectivity index (χ3v) is 4.08. The minimum atomic E-state index is -0.0135. The second kappa shape index (κ2) is 4.48. The van der Waals surface area contributed by atoms with E-state index in [0.717, 1.165) is 22.2 Å². The zero-order valence-electron chi connectivity index (χ0n) is 11.5. The van der Waals surface area contributed by atoms with Crippen molar-refractivity contribution in [1.82, 2.24) is 39.1 Å². The number of imidazole rings is 2. The molecule has 0 bridgehead atoms. The second-order valence-electron chi connectivity index (χ2n) is 4.75. The summed E-state index contributed by atoms with van der Waals surface area (Å²) in [7, 11) is 1.93. The van der Waals surface area contributed by atoms with Crippen LogP contribution in [0.2, 0.25) is 0 Å². The van der Waals surface area contributed by atoms with Gasteiger partial charge in [0, 0.05) is 19.4 Å². The number of fused-ring (bicyclic) bond motifs is 1. The van der Waals surface area contributed by atoms with Gasteiger partial charge >= 0.3 is 0 Å². The van der Waals surface area contributed by atoms with Gasteiger partial charge in [0.15, 0.2) is 5.82 Å². The van der Waals surface area contributed by atoms with Crippen LogP contribution in [-0.4, -0.2) is 39.1 Å². The Morgan fingerprint density at radius 2 is 2.19 bits per heavy atom. The van der Waals surface area contributed by atoms with Gasteiger partial charge in [0.1, 0.15) is 11.2 Å². The van der Waals surface area contributed by atoms with Gasteiger partial charge in [0.05, 0.1) is 24.1 Å². The predicted molar refractivity (Wildman–Crippen MR) is 76.9 cm³/mol. The molecule has 0 spiro atoms. The molecule has 0 saturated heterocycles. The Balaban J connectivity index is 1.68. The van der Waals surface area contributed by atoms with Gasteiger partial charge in [-0.3, -0.25) is 0 Å². The van der Waals surface area contributed by atoms with Crippen molar-refractivity contribution in [3.8, 4) is 11.5 Å². The van der Waals surface area contributed by atoms with Crippen LogP contribution in [0.5, 0.6) is 0 Å². The molecule has 0 amide bonds. The quantitative estimate of drug-likeness (QED) is 0.571. The summed E-state index contributed by atoms with van der Waals surface area (Å²) < 4.78 is 5.47. The highest BCUT2D eigenvalue weighted by Crippen LogP contribution is 2.20. The molecule has 0 N–H and O–H groups in total. The number of hydrogen-bond acceptors (Lipinski definition) is 6. The van der Waals surface area contributed by atoms with Crippen LogP contribution in [0.1, 0.15) is 18.7 Å². The smallest absolute Gasteiger partial charge is 0.212 e. The van der Waals surface area contributed by atoms with Crippen molar-refractivity contribution in [2.75, 3.05) is 0 Å². The van der Waals surface area contributed by atoms with E-state index in [0.29, 0.717) is 0 Å². The molecule has 0 aliphatic rings. The molecule has 4 aromatic heterocycles. The van der Waals surface area contributed by atoms with Crippen molar-refractivity contribution in [2.45, 2.75) is 13.0 Å². The van der Waals surface area contributed by atoms with E-state index in [-0.39, 0.29) is 6.04 Å². The molecule has 0 unspecified atom stereocenters. The Labute approximate surface area is 123 Å². The summed E-state index contributed by atoms with van der Waals surface area (Å²) in [6.07, 6.45) is 7.42. The molecular formula is C12H12N8S. The van der Waals surface area contributed by atoms with Crippen LogP contribution in [0.25, 0.3) is 16.5 Å². The highest BCUT2D eigenvalue weighted by atomic mass is 32.1. The van der Waals surface area contributed by atoms with Crippen molar-refractivity contribution >= 4 is 16.3 Å². The average molecular weight is 300 g/mol. The van der Waals surface area contributed by atoms with Gasteiger partial charge in [-0.2, -0.15) is 5.10 Å². The number of aromatic nitrogens is 8. The first-order valence-corrected chi connectivity index (χ1v) is 7.28. The zero-order valence-corrected chi connectivity index (χ0v) is 12.3. The van der Waals surface area contributed by atoms with E-state index in [1.807, 2.05) is 37.1 Å². The molecule has 0 aromatic carbocycles. The Kier molecular flexibility index (Phi) is 2.61. The summed E-state index contributed by atoms with van der Waals surface area (Å²) >= 11 is 1.51. The third kappa shape index (κ3) is 1.93. The molecule has 4 aromatic rings. The number of aryl methyl sites for hydroxylation is 1. The van der Waals surface area contributed by atoms with Crippen molar-refractivity contribution in [3.05, 3.63) is 36.0 Å². The molecule has 0 aliphatic heterocycles. The third-order valence-electron chi connectivity index (χ3n) is 3.39. The highest BCUT2D eigenvalue weighted by molar-refractivity contribution is 7.14. The van der Waals surface area contributed by atoms with Gasteiger partial charge in [0.2, 0.25) is 4.96 Å². The van der Waals surface area contributed by atoms with E-state index >= 15 is 0 Å². The van der Waals surface area contributed by atoms with Crippen LogP contribution in [-0.2, 0) is 7.05 Å². The summed E-state index contributed by atoms with van der Waals surface area (Å²) in [5.74, 6) is 0.793. The van der Waals surface area contributed by atoms with Crippen LogP contribution < -0.4 is 0 Å². The van der Waals surface area contributed by atoms with Crippen molar-refractivity contribution in [1.29, 1.82) is 0 Å². The normalized spacial score (nSPS) is 13.0. The topological polar surface area (TPSA) is 78.7 Å². The van der Waals surface area contributed by atoms with E-state index in [9.17, 15) is 0 Å². The predicted octanol–water partition coefficient (Wildman–Crippen LogP) is 1.39. The standard InChI is InChI=1S/C12H12N8S/c1-8(9-5-20-12(15-9)21-7-14-20)19-6-10(16-17-19)11-13-3-4-18(11)2/h3-8H,1-2H3/t8-/m0/s1. The Morgan fingerprint density at radius 1 is 1.29 bits per heavy atom. The van der Waals surface area contributed by atoms with Crippen LogP contribution in [0.4, 0.5) is 0 Å². The summed E-state index contributed by atoms with van der Waals surface area (Å²) in [4.78, 5) is 9.70. The second-order valence-corrected chi connectivity index (χ2v) is 5.56. The molecule has 0 radical (unpaired) electrons. The van der Waals surface area contributed by atoms with Gasteiger partial charge in [-0.25, -0.2) is 19.2 Å². The van der Waals surface area contributed by atoms with E-state index in [2.05, 4.69) is 25.4 Å². The average Bonchev–Trinajstić information content (AvgIpc) is 3.20. The first-order valence-electron chi connectivity index (χ1n) is 6.40. The molecule has 106 valence electrons. The monoisotopic (exact) mass is 300 g/mol. The summed E-state index contributed by atoms with van der Waals surface area (Å²) in [5.41, 5.74) is 3.42. The van der Waals surface area contributed by atoms with Crippen molar-refractivity contribution < 1.29 is 0 Å². The van der Waals surface area contributed by atoms with Crippen LogP contribution >= 0.6 is 11.3 Å². The lowest BCUT2D eigenvalue weighted by Crippen LogP contribution is -2.07. The first-order chi connectivity index (χ1) is 10.2. The lowest BCUT2D eigenvalue weighted by atomic mass is 10.2. The molecule has 21 heavy (non-hydrogen) atoms. The molecule has 4 heterocycles. The van der Waals surface area contributed by atoms with Gasteiger partial charge in [-0.1, -0.05) is 16.6 Å². The van der Waals surface area contributed by atoms with E-state index in [4.69, 9.17) is 0 Å². The molecule has 0 aliphatic carbocycles. The van der Waals surface area contributed by atoms with Gasteiger partial charge in [-0.05, 0) is 6.92 Å². The fraction of sp³-hybridized carbons (Fsp3) is 0.250. The fourth-order valence-electron chi connectivity index (χ4n) is 2.17. The number of hydrogen-bond donors (Lipinski definition) is 0. The SMILES string of the molecule is C[C@@H](c1cn2ncsc2n1)n1cc(-c2nccn2C)nn1. The maximum atomic E-state index is 4.55. The summed E-state index contributed by atoms with van der Waals surface area (Å²) in [5, 5.41) is 12.6. The van der Waals surface area contributed by atoms with Gasteiger partial charge in [-0.15, -0.1) is 5.10 Å². The van der Waals surface area contributed by atoms with Crippen molar-refractivity contribution in [2.24, 2.45) is 7.05 Å². The maximum absolute atomic E-state index is 4.55. The molecule has 8 nitrogen and oxygen atoms in total. The molecule has 1 atom stereocenters. The molecule has 4 rings (SSSR count). The Hall–Kier alpha value is -2.55. The molecular weight excluding hydrogens is 288 g/mol. The number of nitrogens with zero attached hydrogens (tertiary/aromatic N) is 8. The molecule has 0 saturated carbocycles. The number of rotatable bonds is 3. The minimum absolute atomic E-state index is 0.0135. The lowest BCUT2D eigenvalue weighted by Gasteiger charge is -2.06. The maximum Gasteiger partial charge on any atom is 0.212 e. The van der Waals surface area contributed by atoms with Gasteiger partial charge in [0.25, 0.3) is 0 Å². The Bertz CT molecular complexity index is 869. The first kappa shape index (κ1) is 12.2. The Morgan fingerprint density at radius 3 is 2.95 bits per heavy atom. The van der Waals surface area contributed by atoms with E-state index in [1.54, 1.807) is 20.9 Å². The largest absolute Gasteiger partial charge is 0.333 e. The van der Waals surface area contributed by atoms with Crippen LogP contribution in [0.15, 0.2) is 30.3 Å². The summed E-state index contributed by atoms with van der Waals surface area (Å²) in [6, 6.07) is -0.0135. The van der Waals surface area contributed by atoms with E-state index < -0.39 is 0 Å². The molecule has 9 heteroatoms. The zero-order chi connectivity index (χ0) is 14.4.